The van der Waals surface area contributed by atoms with E-state index in [2.05, 4.69) is 0 Å². The Morgan fingerprint density at radius 1 is 1.00 bits per heavy atom. The van der Waals surface area contributed by atoms with E-state index in [1.165, 1.54) is 4.90 Å². The van der Waals surface area contributed by atoms with Gasteiger partial charge >= 0.3 is 11.9 Å². The van der Waals surface area contributed by atoms with Gasteiger partial charge in [-0.1, -0.05) is 11.6 Å². The third kappa shape index (κ3) is 6.57. The number of nitrogens with zero attached hydrogens (tertiary/aromatic N) is 1. The van der Waals surface area contributed by atoms with Gasteiger partial charge in [0.1, 0.15) is 5.82 Å². The van der Waals surface area contributed by atoms with E-state index < -0.39 is 53.5 Å². The monoisotopic (exact) mass is 511 g/mol. The van der Waals surface area contributed by atoms with E-state index in [1.54, 1.807) is 5.32 Å². The van der Waals surface area contributed by atoms with Gasteiger partial charge in [-0.2, -0.15) is 0 Å². The predicted octanol–water partition coefficient (Wildman–Crippen LogP) is -3.30. The van der Waals surface area contributed by atoms with Crippen LogP contribution in [0.25, 0.3) is 0 Å². The van der Waals surface area contributed by atoms with Crippen LogP contribution in [-0.4, -0.2) is 101 Å². The zero-order chi connectivity index (χ0) is 26.1. The molecule has 1 fully saturated rings. The number of halogens is 2. The number of amides is 2. The third-order valence-corrected chi connectivity index (χ3v) is 5.90. The van der Waals surface area contributed by atoms with Gasteiger partial charge in [0.25, 0.3) is 5.91 Å². The Morgan fingerprint density at radius 2 is 1.53 bits per heavy atom. The first kappa shape index (κ1) is 28.3. The number of likely N-dealkylation sites (tertiary alicyclic amines) is 1. The summed E-state index contributed by atoms with van der Waals surface area (Å²) in [5, 5.41) is 80.3. The highest BCUT2D eigenvalue weighted by Gasteiger charge is 2.60. The van der Waals surface area contributed by atoms with Crippen LogP contribution in [0.2, 0.25) is 5.02 Å². The SMILES string of the molecule is CC(NC(=O)CN1CCC(C(O)(O)NC(=O)c2cc(F)cc(Cl)c2)CC1)(C(O)(O)O)C(O)(O)O. The van der Waals surface area contributed by atoms with E-state index in [9.17, 15) is 54.8 Å². The molecule has 2 amide bonds. The maximum Gasteiger partial charge on any atom is 0.308 e. The lowest BCUT2D eigenvalue weighted by atomic mass is 9.92. The Morgan fingerprint density at radius 3 is 2.00 bits per heavy atom. The van der Waals surface area contributed by atoms with E-state index in [0.717, 1.165) is 18.2 Å². The van der Waals surface area contributed by atoms with Crippen molar-refractivity contribution in [2.45, 2.75) is 43.2 Å². The maximum atomic E-state index is 13.4. The molecule has 0 atom stereocenters. The summed E-state index contributed by atoms with van der Waals surface area (Å²) in [6, 6.07) is 2.98. The Bertz CT molecular complexity index is 876. The van der Waals surface area contributed by atoms with Gasteiger partial charge in [0.15, 0.2) is 0 Å². The summed E-state index contributed by atoms with van der Waals surface area (Å²) < 4.78 is 13.4. The normalized spacial score (nSPS) is 16.9. The molecule has 2 rings (SSSR count). The van der Waals surface area contributed by atoms with Crippen molar-refractivity contribution in [2.75, 3.05) is 19.6 Å². The van der Waals surface area contributed by atoms with Crippen LogP contribution >= 0.6 is 11.6 Å². The molecule has 0 aromatic heterocycles. The number of carbonyl (C=O) groups is 2. The molecule has 192 valence electrons. The van der Waals surface area contributed by atoms with Crippen molar-refractivity contribution < 1.29 is 54.8 Å². The molecule has 1 saturated heterocycles. The molecule has 0 unspecified atom stereocenters. The molecule has 0 spiro atoms. The van der Waals surface area contributed by atoms with Crippen LogP contribution in [0.3, 0.4) is 0 Å². The van der Waals surface area contributed by atoms with Gasteiger partial charge in [-0.15, -0.1) is 0 Å². The summed E-state index contributed by atoms with van der Waals surface area (Å²) in [4.78, 5) is 26.0. The summed E-state index contributed by atoms with van der Waals surface area (Å²) in [6.07, 6.45) is 0.130. The van der Waals surface area contributed by atoms with E-state index in [-0.39, 0.29) is 36.5 Å². The highest BCUT2D eigenvalue weighted by molar-refractivity contribution is 6.31. The summed E-state index contributed by atoms with van der Waals surface area (Å²) in [5.74, 6) is -14.2. The molecule has 1 aliphatic heterocycles. The molecule has 13 nitrogen and oxygen atoms in total. The number of rotatable bonds is 8. The van der Waals surface area contributed by atoms with E-state index in [0.29, 0.717) is 6.92 Å². The number of carbonyl (C=O) groups excluding carboxylic acids is 2. The molecule has 0 radical (unpaired) electrons. The quantitative estimate of drug-likeness (QED) is 0.155. The van der Waals surface area contributed by atoms with Crippen molar-refractivity contribution in [1.82, 2.24) is 15.5 Å². The lowest BCUT2D eigenvalue weighted by Crippen LogP contribution is -2.75. The molecule has 1 aromatic rings. The molecule has 10 N–H and O–H groups in total. The van der Waals surface area contributed by atoms with Gasteiger partial charge < -0.3 is 51.5 Å². The van der Waals surface area contributed by atoms with Gasteiger partial charge in [-0.05, 0) is 51.1 Å². The van der Waals surface area contributed by atoms with Crippen molar-refractivity contribution in [3.63, 3.8) is 0 Å². The molecular weight excluding hydrogens is 485 g/mol. The Kier molecular flexibility index (Phi) is 8.27. The van der Waals surface area contributed by atoms with Gasteiger partial charge in [-0.3, -0.25) is 14.5 Å². The molecular formula is C19H27ClFN3O10. The van der Waals surface area contributed by atoms with Crippen LogP contribution in [0, 0.1) is 11.7 Å². The Hall–Kier alpha value is -1.98. The summed E-state index contributed by atoms with van der Waals surface area (Å²) in [6.45, 7) is 0.276. The zero-order valence-corrected chi connectivity index (χ0v) is 18.7. The molecule has 1 heterocycles. The van der Waals surface area contributed by atoms with Crippen molar-refractivity contribution in [1.29, 1.82) is 0 Å². The second kappa shape index (κ2) is 9.94. The van der Waals surface area contributed by atoms with Gasteiger partial charge in [0, 0.05) is 16.5 Å². The minimum absolute atomic E-state index is 0.0593. The number of hydrogen-bond acceptors (Lipinski definition) is 11. The average molecular weight is 512 g/mol. The lowest BCUT2D eigenvalue weighted by molar-refractivity contribution is -0.448. The van der Waals surface area contributed by atoms with E-state index in [1.807, 2.05) is 5.32 Å². The van der Waals surface area contributed by atoms with Crippen LogP contribution in [-0.2, 0) is 4.79 Å². The van der Waals surface area contributed by atoms with Crippen molar-refractivity contribution in [3.05, 3.63) is 34.6 Å². The molecule has 1 aliphatic rings. The number of benzene rings is 1. The third-order valence-electron chi connectivity index (χ3n) is 5.68. The topological polar surface area (TPSA) is 223 Å². The van der Waals surface area contributed by atoms with Gasteiger partial charge in [0.2, 0.25) is 17.4 Å². The molecule has 1 aromatic carbocycles. The molecule has 15 heteroatoms. The highest BCUT2D eigenvalue weighted by Crippen LogP contribution is 2.28. The van der Waals surface area contributed by atoms with Crippen LogP contribution in [0.4, 0.5) is 4.39 Å². The maximum absolute atomic E-state index is 13.4. The summed E-state index contributed by atoms with van der Waals surface area (Å²) in [5.41, 5.74) is -3.33. The standard InChI is InChI=1S/C19H27ClFN3O10/c1-16(18(29,30)31,19(32,33)34)22-14(25)9-24-4-2-11(3-5-24)17(27,28)23-15(26)10-6-12(20)8-13(21)7-10/h6-8,11,27-34H,2-5,9H2,1H3,(H,22,25)(H,23,26). The van der Waals surface area contributed by atoms with Crippen LogP contribution in [0.1, 0.15) is 30.1 Å². The fraction of sp³-hybridized carbons (Fsp3) is 0.579. The Labute approximate surface area is 197 Å². The minimum Gasteiger partial charge on any atom is -0.349 e. The van der Waals surface area contributed by atoms with Crippen LogP contribution in [0.5, 0.6) is 0 Å². The fourth-order valence-electron chi connectivity index (χ4n) is 3.43. The molecule has 0 bridgehead atoms. The van der Waals surface area contributed by atoms with Crippen LogP contribution < -0.4 is 10.6 Å². The van der Waals surface area contributed by atoms with E-state index >= 15 is 0 Å². The molecule has 0 aliphatic carbocycles. The van der Waals surface area contributed by atoms with E-state index in [4.69, 9.17) is 11.6 Å². The second-order valence-electron chi connectivity index (χ2n) is 8.33. The molecule has 0 saturated carbocycles. The lowest BCUT2D eigenvalue weighted by Gasteiger charge is -2.43. The van der Waals surface area contributed by atoms with Gasteiger partial charge in [-0.25, -0.2) is 4.39 Å². The van der Waals surface area contributed by atoms with Crippen molar-refractivity contribution in [2.24, 2.45) is 5.92 Å². The van der Waals surface area contributed by atoms with Gasteiger partial charge in [0.05, 0.1) is 6.54 Å². The Balaban J connectivity index is 1.95. The summed E-state index contributed by atoms with van der Waals surface area (Å²) >= 11 is 5.70. The zero-order valence-electron chi connectivity index (χ0n) is 17.9. The number of piperidine rings is 1. The second-order valence-corrected chi connectivity index (χ2v) is 8.77. The fourth-order valence-corrected chi connectivity index (χ4v) is 3.66. The predicted molar refractivity (Wildman–Crippen MR) is 111 cm³/mol. The first-order valence-electron chi connectivity index (χ1n) is 9.96. The number of nitrogens with one attached hydrogen (secondary N) is 2. The van der Waals surface area contributed by atoms with Crippen molar-refractivity contribution in [3.8, 4) is 0 Å². The summed E-state index contributed by atoms with van der Waals surface area (Å²) in [7, 11) is 0. The van der Waals surface area contributed by atoms with Crippen LogP contribution in [0.15, 0.2) is 18.2 Å². The number of hydrogen-bond donors (Lipinski definition) is 10. The molecule has 34 heavy (non-hydrogen) atoms. The average Bonchev–Trinajstić information content (AvgIpc) is 2.65. The highest BCUT2D eigenvalue weighted by atomic mass is 35.5. The van der Waals surface area contributed by atoms with Crippen molar-refractivity contribution >= 4 is 23.4 Å². The number of aliphatic hydroxyl groups is 8. The minimum atomic E-state index is -3.91. The smallest absolute Gasteiger partial charge is 0.308 e. The largest absolute Gasteiger partial charge is 0.349 e. The first-order valence-corrected chi connectivity index (χ1v) is 10.3. The first-order chi connectivity index (χ1) is 15.4.